The van der Waals surface area contributed by atoms with Crippen LogP contribution >= 0.6 is 0 Å². The summed E-state index contributed by atoms with van der Waals surface area (Å²) in [6.45, 7) is 0.512. The Morgan fingerprint density at radius 1 is 1.04 bits per heavy atom. The molecule has 3 aromatic heterocycles. The molecule has 0 fully saturated rings. The minimum Gasteiger partial charge on any atom is -0.395 e. The molecule has 3 heterocycles. The lowest BCUT2D eigenvalue weighted by molar-refractivity contribution is 0.280. The SMILES string of the molecule is OCCN(CCO)c1nc(-n2cnc3ccccc32)c2[nH]cnc2n1. The minimum absolute atomic E-state index is 0.0642. The van der Waals surface area contributed by atoms with Crippen LogP contribution in [0.2, 0.25) is 0 Å². The third-order valence-corrected chi connectivity index (χ3v) is 3.96. The number of hydrogen-bond acceptors (Lipinski definition) is 7. The number of fused-ring (bicyclic) bond motifs is 2. The zero-order valence-electron chi connectivity index (χ0n) is 13.4. The Hall–Kier alpha value is -3.04. The maximum atomic E-state index is 9.28. The van der Waals surface area contributed by atoms with E-state index in [1.54, 1.807) is 17.6 Å². The van der Waals surface area contributed by atoms with Crippen molar-refractivity contribution in [2.75, 3.05) is 31.2 Å². The number of para-hydroxylation sites is 2. The number of rotatable bonds is 6. The molecular formula is C16H17N7O2. The van der Waals surface area contributed by atoms with Crippen molar-refractivity contribution in [2.24, 2.45) is 0 Å². The van der Waals surface area contributed by atoms with E-state index in [1.807, 2.05) is 28.8 Å². The summed E-state index contributed by atoms with van der Waals surface area (Å²) in [7, 11) is 0. The minimum atomic E-state index is -0.0642. The maximum Gasteiger partial charge on any atom is 0.229 e. The first-order valence-electron chi connectivity index (χ1n) is 7.92. The molecule has 9 heteroatoms. The van der Waals surface area contributed by atoms with Gasteiger partial charge in [0.2, 0.25) is 5.95 Å². The number of aromatic nitrogens is 6. The summed E-state index contributed by atoms with van der Waals surface area (Å²) in [5.74, 6) is 1.02. The summed E-state index contributed by atoms with van der Waals surface area (Å²) < 4.78 is 1.87. The van der Waals surface area contributed by atoms with Crippen LogP contribution in [0.3, 0.4) is 0 Å². The van der Waals surface area contributed by atoms with Crippen LogP contribution < -0.4 is 4.90 Å². The lowest BCUT2D eigenvalue weighted by Gasteiger charge is -2.21. The third kappa shape index (κ3) is 2.69. The molecule has 0 saturated heterocycles. The molecule has 0 radical (unpaired) electrons. The Morgan fingerprint density at radius 2 is 1.84 bits per heavy atom. The first-order chi connectivity index (χ1) is 12.3. The highest BCUT2D eigenvalue weighted by atomic mass is 16.3. The summed E-state index contributed by atoms with van der Waals surface area (Å²) in [6.07, 6.45) is 3.27. The van der Waals surface area contributed by atoms with Gasteiger partial charge in [-0.1, -0.05) is 12.1 Å². The maximum absolute atomic E-state index is 9.28. The molecule has 0 spiro atoms. The number of aromatic amines is 1. The van der Waals surface area contributed by atoms with Gasteiger partial charge in [-0.3, -0.25) is 4.57 Å². The fraction of sp³-hybridized carbons (Fsp3) is 0.250. The Labute approximate surface area is 142 Å². The van der Waals surface area contributed by atoms with Gasteiger partial charge in [-0.15, -0.1) is 0 Å². The topological polar surface area (TPSA) is 116 Å². The molecule has 0 bridgehead atoms. The molecule has 9 nitrogen and oxygen atoms in total. The van der Waals surface area contributed by atoms with E-state index in [0.717, 1.165) is 11.0 Å². The van der Waals surface area contributed by atoms with E-state index in [9.17, 15) is 10.2 Å². The monoisotopic (exact) mass is 339 g/mol. The van der Waals surface area contributed by atoms with Crippen LogP contribution in [-0.2, 0) is 0 Å². The van der Waals surface area contributed by atoms with Crippen molar-refractivity contribution in [2.45, 2.75) is 0 Å². The molecular weight excluding hydrogens is 322 g/mol. The van der Waals surface area contributed by atoms with Crippen molar-refractivity contribution < 1.29 is 10.2 Å². The van der Waals surface area contributed by atoms with Crippen molar-refractivity contribution >= 4 is 28.1 Å². The Kier molecular flexibility index (Phi) is 4.00. The summed E-state index contributed by atoms with van der Waals surface area (Å²) in [4.78, 5) is 22.5. The van der Waals surface area contributed by atoms with E-state index < -0.39 is 0 Å². The second-order valence-electron chi connectivity index (χ2n) is 5.49. The predicted molar refractivity (Wildman–Crippen MR) is 92.7 cm³/mol. The molecule has 0 aliphatic carbocycles. The first-order valence-corrected chi connectivity index (χ1v) is 7.92. The van der Waals surface area contributed by atoms with Gasteiger partial charge in [0.1, 0.15) is 11.8 Å². The molecule has 0 unspecified atom stereocenters. The van der Waals surface area contributed by atoms with Gasteiger partial charge in [-0.25, -0.2) is 9.97 Å². The lowest BCUT2D eigenvalue weighted by Crippen LogP contribution is -2.31. The Bertz CT molecular complexity index is 1000. The highest BCUT2D eigenvalue weighted by Gasteiger charge is 2.17. The molecule has 4 aromatic rings. The van der Waals surface area contributed by atoms with Crippen LogP contribution in [0.25, 0.3) is 28.0 Å². The van der Waals surface area contributed by atoms with Crippen LogP contribution in [0, 0.1) is 0 Å². The fourth-order valence-corrected chi connectivity index (χ4v) is 2.80. The number of anilines is 1. The normalized spacial score (nSPS) is 11.4. The van der Waals surface area contributed by atoms with Crippen molar-refractivity contribution in [1.29, 1.82) is 0 Å². The van der Waals surface area contributed by atoms with Crippen LogP contribution in [0.15, 0.2) is 36.9 Å². The summed E-state index contributed by atoms with van der Waals surface area (Å²) in [5.41, 5.74) is 2.98. The van der Waals surface area contributed by atoms with E-state index in [0.29, 0.717) is 36.0 Å². The van der Waals surface area contributed by atoms with E-state index >= 15 is 0 Å². The van der Waals surface area contributed by atoms with Crippen LogP contribution in [0.5, 0.6) is 0 Å². The molecule has 0 atom stereocenters. The number of nitrogens with one attached hydrogen (secondary N) is 1. The molecule has 0 amide bonds. The molecule has 0 saturated carbocycles. The third-order valence-electron chi connectivity index (χ3n) is 3.96. The molecule has 128 valence electrons. The van der Waals surface area contributed by atoms with Crippen molar-refractivity contribution in [3.05, 3.63) is 36.9 Å². The van der Waals surface area contributed by atoms with Crippen LogP contribution in [0.1, 0.15) is 0 Å². The number of aliphatic hydroxyl groups excluding tert-OH is 2. The van der Waals surface area contributed by atoms with Crippen molar-refractivity contribution in [1.82, 2.24) is 29.5 Å². The summed E-state index contributed by atoms with van der Waals surface area (Å²) in [6, 6.07) is 7.77. The lowest BCUT2D eigenvalue weighted by atomic mass is 10.3. The average molecular weight is 339 g/mol. The Morgan fingerprint density at radius 3 is 2.64 bits per heavy atom. The van der Waals surface area contributed by atoms with Gasteiger partial charge in [0.15, 0.2) is 11.5 Å². The zero-order valence-corrected chi connectivity index (χ0v) is 13.4. The molecule has 0 aliphatic heterocycles. The molecule has 3 N–H and O–H groups in total. The molecule has 1 aromatic carbocycles. The zero-order chi connectivity index (χ0) is 17.2. The molecule has 0 aliphatic rings. The quantitative estimate of drug-likeness (QED) is 0.468. The van der Waals surface area contributed by atoms with E-state index in [2.05, 4.69) is 24.9 Å². The van der Waals surface area contributed by atoms with Gasteiger partial charge in [0.05, 0.1) is 30.6 Å². The number of imidazole rings is 2. The van der Waals surface area contributed by atoms with Crippen molar-refractivity contribution in [3.8, 4) is 5.82 Å². The largest absolute Gasteiger partial charge is 0.395 e. The number of nitrogens with zero attached hydrogens (tertiary/aromatic N) is 6. The Balaban J connectivity index is 1.92. The second-order valence-corrected chi connectivity index (χ2v) is 5.49. The van der Waals surface area contributed by atoms with Gasteiger partial charge in [0.25, 0.3) is 0 Å². The van der Waals surface area contributed by atoms with E-state index in [4.69, 9.17) is 0 Å². The summed E-state index contributed by atoms with van der Waals surface area (Å²) in [5, 5.41) is 18.6. The molecule has 25 heavy (non-hydrogen) atoms. The van der Waals surface area contributed by atoms with E-state index in [-0.39, 0.29) is 13.2 Å². The van der Waals surface area contributed by atoms with Gasteiger partial charge >= 0.3 is 0 Å². The van der Waals surface area contributed by atoms with Gasteiger partial charge in [-0.05, 0) is 12.1 Å². The number of hydrogen-bond donors (Lipinski definition) is 3. The van der Waals surface area contributed by atoms with Gasteiger partial charge in [0, 0.05) is 13.1 Å². The standard InChI is InChI=1S/C16H17N7O2/c24-7-5-22(6-8-25)16-20-14-13(17-9-18-14)15(21-16)23-10-19-11-3-1-2-4-12(11)23/h1-4,9-10,24-25H,5-8H2,(H,17,18,20,21). The first kappa shape index (κ1) is 15.5. The van der Waals surface area contributed by atoms with Gasteiger partial charge in [-0.2, -0.15) is 9.97 Å². The van der Waals surface area contributed by atoms with E-state index in [1.165, 1.54) is 0 Å². The predicted octanol–water partition coefficient (Wildman–Crippen LogP) is 0.483. The average Bonchev–Trinajstić information content (AvgIpc) is 3.27. The summed E-state index contributed by atoms with van der Waals surface area (Å²) >= 11 is 0. The molecule has 4 rings (SSSR count). The van der Waals surface area contributed by atoms with Crippen LogP contribution in [-0.4, -0.2) is 66.0 Å². The van der Waals surface area contributed by atoms with Gasteiger partial charge < -0.3 is 20.1 Å². The highest BCUT2D eigenvalue weighted by Crippen LogP contribution is 2.23. The number of H-pyrrole nitrogens is 1. The highest BCUT2D eigenvalue weighted by molar-refractivity contribution is 5.84. The second kappa shape index (κ2) is 6.46. The number of aliphatic hydroxyl groups is 2. The fourth-order valence-electron chi connectivity index (χ4n) is 2.80. The van der Waals surface area contributed by atoms with Crippen molar-refractivity contribution in [3.63, 3.8) is 0 Å². The van der Waals surface area contributed by atoms with Crippen LogP contribution in [0.4, 0.5) is 5.95 Å². The smallest absolute Gasteiger partial charge is 0.229 e. The number of benzene rings is 1.